The molecule has 0 aromatic carbocycles. The molecule has 2 N–H and O–H groups in total. The molecule has 0 unspecified atom stereocenters. The summed E-state index contributed by atoms with van der Waals surface area (Å²) in [5, 5.41) is 3.81. The van der Waals surface area contributed by atoms with Gasteiger partial charge in [0.15, 0.2) is 0 Å². The second kappa shape index (κ2) is 7.79. The van der Waals surface area contributed by atoms with Crippen molar-refractivity contribution in [3.63, 3.8) is 0 Å². The Labute approximate surface area is 154 Å². The number of aryl methyl sites for hydroxylation is 3. The summed E-state index contributed by atoms with van der Waals surface area (Å²) in [4.78, 5) is 16.9. The van der Waals surface area contributed by atoms with Gasteiger partial charge in [0.25, 0.3) is 0 Å². The van der Waals surface area contributed by atoms with E-state index >= 15 is 0 Å². The first-order valence-electron chi connectivity index (χ1n) is 9.41. The predicted molar refractivity (Wildman–Crippen MR) is 102 cm³/mol. The van der Waals surface area contributed by atoms with Gasteiger partial charge in [-0.2, -0.15) is 0 Å². The second-order valence-corrected chi connectivity index (χ2v) is 6.99. The van der Waals surface area contributed by atoms with E-state index < -0.39 is 0 Å². The zero-order valence-corrected chi connectivity index (χ0v) is 15.2. The van der Waals surface area contributed by atoms with Crippen LogP contribution in [0.25, 0.3) is 0 Å². The van der Waals surface area contributed by atoms with Crippen molar-refractivity contribution in [2.75, 3.05) is 0 Å². The third kappa shape index (κ3) is 3.68. The number of aromatic amines is 1. The van der Waals surface area contributed by atoms with E-state index in [1.807, 2.05) is 36.9 Å². The molecule has 2 atom stereocenters. The maximum Gasteiger partial charge on any atom is 0.106 e. The molecule has 0 radical (unpaired) electrons. The summed E-state index contributed by atoms with van der Waals surface area (Å²) >= 11 is 0. The van der Waals surface area contributed by atoms with E-state index in [0.29, 0.717) is 6.04 Å². The Hall–Kier alpha value is -2.53. The molecule has 1 aliphatic rings. The average molecular weight is 347 g/mol. The van der Waals surface area contributed by atoms with Crippen molar-refractivity contribution < 1.29 is 0 Å². The minimum atomic E-state index is 0.281. The number of hydrogen-bond donors (Lipinski definition) is 2. The highest BCUT2D eigenvalue weighted by Crippen LogP contribution is 2.33. The van der Waals surface area contributed by atoms with E-state index in [1.54, 1.807) is 0 Å². The monoisotopic (exact) mass is 347 g/mol. The summed E-state index contributed by atoms with van der Waals surface area (Å²) in [6.07, 6.45) is 12.8. The van der Waals surface area contributed by atoms with Gasteiger partial charge in [-0.3, -0.25) is 9.97 Å². The van der Waals surface area contributed by atoms with Crippen LogP contribution < -0.4 is 5.32 Å². The van der Waals surface area contributed by atoms with Crippen molar-refractivity contribution in [3.8, 4) is 0 Å². The fraction of sp³-hybridized carbons (Fsp3) is 0.381. The lowest BCUT2D eigenvalue weighted by Gasteiger charge is -2.32. The van der Waals surface area contributed by atoms with Crippen molar-refractivity contribution in [1.82, 2.24) is 25.3 Å². The molecule has 5 heteroatoms. The summed E-state index contributed by atoms with van der Waals surface area (Å²) < 4.78 is 0. The SMILES string of the molecule is Cc1cccnc1[C@@H]1CCC[C@H](c2ncccc2CCc2ncc[nH]2)N1. The Kier molecular flexibility index (Phi) is 5.07. The Morgan fingerprint density at radius 1 is 0.923 bits per heavy atom. The summed E-state index contributed by atoms with van der Waals surface area (Å²) in [5.74, 6) is 1.03. The minimum Gasteiger partial charge on any atom is -0.349 e. The van der Waals surface area contributed by atoms with Crippen LogP contribution in [0.2, 0.25) is 0 Å². The molecule has 0 bridgehead atoms. The molecule has 5 nitrogen and oxygen atoms in total. The number of hydrogen-bond acceptors (Lipinski definition) is 4. The minimum absolute atomic E-state index is 0.281. The molecule has 4 heterocycles. The lowest BCUT2D eigenvalue weighted by Crippen LogP contribution is -2.33. The van der Waals surface area contributed by atoms with E-state index in [9.17, 15) is 0 Å². The highest BCUT2D eigenvalue weighted by atomic mass is 15.0. The molecule has 3 aromatic heterocycles. The van der Waals surface area contributed by atoms with Gasteiger partial charge >= 0.3 is 0 Å². The summed E-state index contributed by atoms with van der Waals surface area (Å²) in [6, 6.07) is 8.96. The van der Waals surface area contributed by atoms with E-state index in [4.69, 9.17) is 4.98 Å². The first-order chi connectivity index (χ1) is 12.8. The van der Waals surface area contributed by atoms with Gasteiger partial charge in [-0.05, 0) is 55.9 Å². The maximum absolute atomic E-state index is 4.74. The van der Waals surface area contributed by atoms with Gasteiger partial charge in [-0.1, -0.05) is 12.1 Å². The molecule has 0 aliphatic carbocycles. The van der Waals surface area contributed by atoms with E-state index in [1.165, 1.54) is 28.9 Å². The van der Waals surface area contributed by atoms with Crippen molar-refractivity contribution in [1.29, 1.82) is 0 Å². The molecule has 1 aliphatic heterocycles. The maximum atomic E-state index is 4.74. The fourth-order valence-corrected chi connectivity index (χ4v) is 3.89. The Morgan fingerprint density at radius 2 is 1.69 bits per heavy atom. The van der Waals surface area contributed by atoms with Crippen molar-refractivity contribution in [2.45, 2.75) is 51.1 Å². The zero-order chi connectivity index (χ0) is 17.8. The average Bonchev–Trinajstić information content (AvgIpc) is 3.21. The van der Waals surface area contributed by atoms with Crippen LogP contribution in [0.15, 0.2) is 49.1 Å². The van der Waals surface area contributed by atoms with E-state index in [0.717, 1.165) is 31.5 Å². The molecule has 1 saturated heterocycles. The highest BCUT2D eigenvalue weighted by molar-refractivity contribution is 5.26. The largest absolute Gasteiger partial charge is 0.349 e. The van der Waals surface area contributed by atoms with Crippen LogP contribution in [0.3, 0.4) is 0 Å². The molecule has 0 spiro atoms. The van der Waals surface area contributed by atoms with Crippen LogP contribution in [0.1, 0.15) is 59.7 Å². The van der Waals surface area contributed by atoms with Crippen LogP contribution in [-0.4, -0.2) is 19.9 Å². The molecule has 3 aromatic rings. The third-order valence-corrected chi connectivity index (χ3v) is 5.21. The second-order valence-electron chi connectivity index (χ2n) is 6.99. The van der Waals surface area contributed by atoms with Crippen molar-refractivity contribution in [2.24, 2.45) is 0 Å². The van der Waals surface area contributed by atoms with E-state index in [-0.39, 0.29) is 6.04 Å². The summed E-state index contributed by atoms with van der Waals surface area (Å²) in [5.41, 5.74) is 4.91. The Balaban J connectivity index is 1.52. The summed E-state index contributed by atoms with van der Waals surface area (Å²) in [6.45, 7) is 2.14. The van der Waals surface area contributed by atoms with Gasteiger partial charge in [0.1, 0.15) is 5.82 Å². The lowest BCUT2D eigenvalue weighted by atomic mass is 9.90. The fourth-order valence-electron chi connectivity index (χ4n) is 3.89. The normalized spacial score (nSPS) is 20.2. The van der Waals surface area contributed by atoms with Crippen LogP contribution in [0, 0.1) is 6.92 Å². The van der Waals surface area contributed by atoms with E-state index in [2.05, 4.69) is 39.3 Å². The number of aromatic nitrogens is 4. The third-order valence-electron chi connectivity index (χ3n) is 5.21. The molecule has 26 heavy (non-hydrogen) atoms. The number of H-pyrrole nitrogens is 1. The lowest BCUT2D eigenvalue weighted by molar-refractivity contribution is 0.319. The number of nitrogens with one attached hydrogen (secondary N) is 2. The van der Waals surface area contributed by atoms with Gasteiger partial charge < -0.3 is 10.3 Å². The van der Waals surface area contributed by atoms with Crippen molar-refractivity contribution in [3.05, 3.63) is 77.4 Å². The highest BCUT2D eigenvalue weighted by Gasteiger charge is 2.27. The number of nitrogens with zero attached hydrogens (tertiary/aromatic N) is 3. The molecule has 134 valence electrons. The van der Waals surface area contributed by atoms with Crippen LogP contribution in [0.5, 0.6) is 0 Å². The Bertz CT molecular complexity index is 843. The van der Waals surface area contributed by atoms with Gasteiger partial charge in [0, 0.05) is 31.2 Å². The van der Waals surface area contributed by atoms with Gasteiger partial charge in [-0.25, -0.2) is 4.98 Å². The molecule has 0 saturated carbocycles. The topological polar surface area (TPSA) is 66.5 Å². The summed E-state index contributed by atoms with van der Waals surface area (Å²) in [7, 11) is 0. The van der Waals surface area contributed by atoms with Crippen LogP contribution in [-0.2, 0) is 12.8 Å². The van der Waals surface area contributed by atoms with Crippen LogP contribution in [0.4, 0.5) is 0 Å². The molecular formula is C21H25N5. The number of imidazole rings is 1. The predicted octanol–water partition coefficient (Wildman–Crippen LogP) is 3.85. The van der Waals surface area contributed by atoms with Gasteiger partial charge in [-0.15, -0.1) is 0 Å². The molecule has 1 fully saturated rings. The Morgan fingerprint density at radius 3 is 2.46 bits per heavy atom. The number of pyridine rings is 2. The molecular weight excluding hydrogens is 322 g/mol. The number of rotatable bonds is 5. The first-order valence-corrected chi connectivity index (χ1v) is 9.41. The van der Waals surface area contributed by atoms with Gasteiger partial charge in [0.05, 0.1) is 23.5 Å². The quantitative estimate of drug-likeness (QED) is 0.736. The smallest absolute Gasteiger partial charge is 0.106 e. The molecule has 0 amide bonds. The number of piperidine rings is 1. The van der Waals surface area contributed by atoms with Crippen molar-refractivity contribution >= 4 is 0 Å². The first kappa shape index (κ1) is 16.9. The van der Waals surface area contributed by atoms with Crippen LogP contribution >= 0.6 is 0 Å². The zero-order valence-electron chi connectivity index (χ0n) is 15.2. The standard InChI is InChI=1S/C21H25N5/c1-15-5-3-11-24-20(15)17-7-2-8-18(26-17)21-16(6-4-12-25-21)9-10-19-22-13-14-23-19/h3-6,11-14,17-18,26H,2,7-10H2,1H3,(H,22,23)/t17-,18+/m0/s1. The molecule has 4 rings (SSSR count). The van der Waals surface area contributed by atoms with Gasteiger partial charge in [0.2, 0.25) is 0 Å².